The van der Waals surface area contributed by atoms with Gasteiger partial charge in [0, 0.05) is 17.4 Å². The molecule has 0 atom stereocenters. The van der Waals surface area contributed by atoms with Crippen LogP contribution in [-0.4, -0.2) is 31.2 Å². The number of aryl methyl sites for hydroxylation is 1. The highest BCUT2D eigenvalue weighted by Crippen LogP contribution is 2.28. The summed E-state index contributed by atoms with van der Waals surface area (Å²) in [5.41, 5.74) is 3.56. The molecule has 4 nitrogen and oxygen atoms in total. The molecule has 0 spiro atoms. The van der Waals surface area contributed by atoms with E-state index in [2.05, 4.69) is 44.7 Å². The number of piperidine rings is 1. The summed E-state index contributed by atoms with van der Waals surface area (Å²) in [6.07, 6.45) is 3.46. The van der Waals surface area contributed by atoms with E-state index in [4.69, 9.17) is 0 Å². The summed E-state index contributed by atoms with van der Waals surface area (Å²) in [5.74, 6) is 0.490. The summed E-state index contributed by atoms with van der Waals surface area (Å²) in [6, 6.07) is 8.80. The highest BCUT2D eigenvalue weighted by molar-refractivity contribution is 7.09. The second-order valence-corrected chi connectivity index (χ2v) is 6.79. The molecule has 0 unspecified atom stereocenters. The van der Waals surface area contributed by atoms with Crippen LogP contribution in [0.25, 0.3) is 11.3 Å². The number of hydrogen-bond acceptors (Lipinski definition) is 5. The SMILES string of the molecule is COC(=O)CCc1nc(-c2ccc(C3CCNCC3)cc2)cs1. The number of carbonyl (C=O) groups excluding carboxylic acids is 1. The van der Waals surface area contributed by atoms with Gasteiger partial charge in [-0.25, -0.2) is 4.98 Å². The number of hydrogen-bond donors (Lipinski definition) is 1. The van der Waals surface area contributed by atoms with E-state index in [9.17, 15) is 4.79 Å². The Kier molecular flexibility index (Phi) is 5.41. The molecule has 3 rings (SSSR count). The van der Waals surface area contributed by atoms with Crippen LogP contribution in [0.1, 0.15) is 35.8 Å². The molecule has 1 aliphatic rings. The van der Waals surface area contributed by atoms with Crippen molar-refractivity contribution in [3.8, 4) is 11.3 Å². The molecule has 2 heterocycles. The van der Waals surface area contributed by atoms with Gasteiger partial charge in [0.15, 0.2) is 0 Å². The fourth-order valence-corrected chi connectivity index (χ4v) is 3.76. The Morgan fingerprint density at radius 2 is 2.04 bits per heavy atom. The molecule has 2 aromatic rings. The molecular weight excluding hydrogens is 308 g/mol. The molecule has 0 amide bonds. The maximum atomic E-state index is 11.2. The van der Waals surface area contributed by atoms with Gasteiger partial charge in [-0.05, 0) is 37.4 Å². The van der Waals surface area contributed by atoms with Crippen LogP contribution in [0.3, 0.4) is 0 Å². The van der Waals surface area contributed by atoms with Gasteiger partial charge in [-0.1, -0.05) is 24.3 Å². The summed E-state index contributed by atoms with van der Waals surface area (Å²) < 4.78 is 4.67. The predicted molar refractivity (Wildman–Crippen MR) is 92.7 cm³/mol. The van der Waals surface area contributed by atoms with E-state index in [-0.39, 0.29) is 5.97 Å². The number of esters is 1. The number of methoxy groups -OCH3 is 1. The number of nitrogens with zero attached hydrogens (tertiary/aromatic N) is 1. The van der Waals surface area contributed by atoms with Crippen LogP contribution < -0.4 is 5.32 Å². The van der Waals surface area contributed by atoms with Crippen LogP contribution in [0.5, 0.6) is 0 Å². The molecule has 1 saturated heterocycles. The van der Waals surface area contributed by atoms with Crippen molar-refractivity contribution < 1.29 is 9.53 Å². The highest BCUT2D eigenvalue weighted by atomic mass is 32.1. The monoisotopic (exact) mass is 330 g/mol. The van der Waals surface area contributed by atoms with E-state index in [1.165, 1.54) is 25.5 Å². The number of benzene rings is 1. The molecule has 5 heteroatoms. The van der Waals surface area contributed by atoms with Gasteiger partial charge >= 0.3 is 5.97 Å². The molecule has 0 bridgehead atoms. The number of carbonyl (C=O) groups is 1. The third-order valence-electron chi connectivity index (χ3n) is 4.34. The van der Waals surface area contributed by atoms with Gasteiger partial charge in [0.25, 0.3) is 0 Å². The maximum Gasteiger partial charge on any atom is 0.305 e. The Bertz CT molecular complexity index is 645. The lowest BCUT2D eigenvalue weighted by Gasteiger charge is -2.23. The first-order valence-electron chi connectivity index (χ1n) is 8.08. The van der Waals surface area contributed by atoms with E-state index < -0.39 is 0 Å². The zero-order chi connectivity index (χ0) is 16.1. The van der Waals surface area contributed by atoms with Crippen LogP contribution in [0.2, 0.25) is 0 Å². The minimum absolute atomic E-state index is 0.187. The van der Waals surface area contributed by atoms with Crippen molar-refractivity contribution in [2.75, 3.05) is 20.2 Å². The fourth-order valence-electron chi connectivity index (χ4n) is 2.95. The average molecular weight is 330 g/mol. The molecular formula is C18H22N2O2S. The molecule has 0 radical (unpaired) electrons. The zero-order valence-corrected chi connectivity index (χ0v) is 14.2. The molecule has 1 aromatic heterocycles. The molecule has 0 aliphatic carbocycles. The lowest BCUT2D eigenvalue weighted by molar-refractivity contribution is -0.140. The van der Waals surface area contributed by atoms with Crippen molar-refractivity contribution in [1.82, 2.24) is 10.3 Å². The number of thiazole rings is 1. The molecule has 1 aromatic carbocycles. The molecule has 1 N–H and O–H groups in total. The van der Waals surface area contributed by atoms with E-state index in [0.717, 1.165) is 29.4 Å². The Balaban J connectivity index is 1.65. The lowest BCUT2D eigenvalue weighted by Crippen LogP contribution is -2.26. The smallest absolute Gasteiger partial charge is 0.305 e. The van der Waals surface area contributed by atoms with Crippen LogP contribution in [0, 0.1) is 0 Å². The standard InChI is InChI=1S/C18H22N2O2S/c1-22-18(21)7-6-17-20-16(12-23-17)15-4-2-13(3-5-15)14-8-10-19-11-9-14/h2-5,12,14,19H,6-11H2,1H3. The first-order chi connectivity index (χ1) is 11.3. The zero-order valence-electron chi connectivity index (χ0n) is 13.4. The maximum absolute atomic E-state index is 11.2. The van der Waals surface area contributed by atoms with E-state index in [0.29, 0.717) is 18.8 Å². The van der Waals surface area contributed by atoms with E-state index in [1.807, 2.05) is 0 Å². The third-order valence-corrected chi connectivity index (χ3v) is 5.25. The molecule has 122 valence electrons. The summed E-state index contributed by atoms with van der Waals surface area (Å²) in [4.78, 5) is 15.8. The highest BCUT2D eigenvalue weighted by Gasteiger charge is 2.15. The number of rotatable bonds is 5. The van der Waals surface area contributed by atoms with Gasteiger partial charge in [0.05, 0.1) is 24.2 Å². The largest absolute Gasteiger partial charge is 0.469 e. The Labute approximate surface area is 140 Å². The quantitative estimate of drug-likeness (QED) is 0.854. The van der Waals surface area contributed by atoms with Gasteiger partial charge < -0.3 is 10.1 Å². The molecule has 1 fully saturated rings. The van der Waals surface area contributed by atoms with Crippen molar-refractivity contribution >= 4 is 17.3 Å². The topological polar surface area (TPSA) is 51.2 Å². The molecule has 0 saturated carbocycles. The minimum atomic E-state index is -0.187. The number of nitrogens with one attached hydrogen (secondary N) is 1. The predicted octanol–water partition coefficient (Wildman–Crippen LogP) is 3.38. The fraction of sp³-hybridized carbons (Fsp3) is 0.444. The van der Waals surface area contributed by atoms with Gasteiger partial charge in [-0.2, -0.15) is 0 Å². The Hall–Kier alpha value is -1.72. The van der Waals surface area contributed by atoms with E-state index >= 15 is 0 Å². The second kappa shape index (κ2) is 7.70. The average Bonchev–Trinajstić information content (AvgIpc) is 3.09. The third kappa shape index (κ3) is 4.18. The van der Waals surface area contributed by atoms with E-state index in [1.54, 1.807) is 11.3 Å². The van der Waals surface area contributed by atoms with Crippen molar-refractivity contribution in [2.45, 2.75) is 31.6 Å². The van der Waals surface area contributed by atoms with Crippen molar-refractivity contribution in [2.24, 2.45) is 0 Å². The minimum Gasteiger partial charge on any atom is -0.469 e. The van der Waals surface area contributed by atoms with Crippen molar-refractivity contribution in [1.29, 1.82) is 0 Å². The number of ether oxygens (including phenoxy) is 1. The summed E-state index contributed by atoms with van der Waals surface area (Å²) in [5, 5.41) is 6.45. The van der Waals surface area contributed by atoms with Crippen LogP contribution in [0.4, 0.5) is 0 Å². The van der Waals surface area contributed by atoms with Gasteiger partial charge in [0.1, 0.15) is 0 Å². The van der Waals surface area contributed by atoms with Crippen LogP contribution >= 0.6 is 11.3 Å². The van der Waals surface area contributed by atoms with Gasteiger partial charge in [-0.3, -0.25) is 4.79 Å². The summed E-state index contributed by atoms with van der Waals surface area (Å²) in [6.45, 7) is 2.23. The first kappa shape index (κ1) is 16.1. The Morgan fingerprint density at radius 1 is 1.30 bits per heavy atom. The number of aromatic nitrogens is 1. The first-order valence-corrected chi connectivity index (χ1v) is 8.96. The van der Waals surface area contributed by atoms with Crippen LogP contribution in [0.15, 0.2) is 29.6 Å². The van der Waals surface area contributed by atoms with Crippen LogP contribution in [-0.2, 0) is 16.0 Å². The Morgan fingerprint density at radius 3 is 2.74 bits per heavy atom. The lowest BCUT2D eigenvalue weighted by atomic mass is 9.90. The normalized spacial score (nSPS) is 15.5. The summed E-state index contributed by atoms with van der Waals surface area (Å²) >= 11 is 1.60. The summed E-state index contributed by atoms with van der Waals surface area (Å²) in [7, 11) is 1.42. The van der Waals surface area contributed by atoms with Crippen molar-refractivity contribution in [3.63, 3.8) is 0 Å². The molecule has 1 aliphatic heterocycles. The van der Waals surface area contributed by atoms with Gasteiger partial charge in [0.2, 0.25) is 0 Å². The molecule has 23 heavy (non-hydrogen) atoms. The van der Waals surface area contributed by atoms with Crippen molar-refractivity contribution in [3.05, 3.63) is 40.2 Å². The van der Waals surface area contributed by atoms with Gasteiger partial charge in [-0.15, -0.1) is 11.3 Å². The second-order valence-electron chi connectivity index (χ2n) is 5.85.